The van der Waals surface area contributed by atoms with Crippen LogP contribution in [0.4, 0.5) is 0 Å². The number of aromatic nitrogens is 1. The van der Waals surface area contributed by atoms with E-state index in [1.807, 2.05) is 19.1 Å². The van der Waals surface area contributed by atoms with Gasteiger partial charge in [-0.15, -0.1) is 0 Å². The van der Waals surface area contributed by atoms with Gasteiger partial charge in [-0.3, -0.25) is 0 Å². The molecule has 0 aliphatic heterocycles. The van der Waals surface area contributed by atoms with Crippen molar-refractivity contribution in [1.82, 2.24) is 5.16 Å². The maximum atomic E-state index is 11.9. The Morgan fingerprint density at radius 3 is 2.79 bits per heavy atom. The summed E-state index contributed by atoms with van der Waals surface area (Å²) < 4.78 is 5.78. The molecule has 1 aliphatic rings. The Kier molecular flexibility index (Phi) is 5.22. The Balaban J connectivity index is 1.71. The highest BCUT2D eigenvalue weighted by Gasteiger charge is 2.35. The fraction of sp³-hybridized carbons (Fsp3) is 0.375. The van der Waals surface area contributed by atoms with Crippen LogP contribution in [0.25, 0.3) is 10.8 Å². The van der Waals surface area contributed by atoms with E-state index in [1.54, 1.807) is 0 Å². The fourth-order valence-corrected chi connectivity index (χ4v) is 4.04. The molecule has 5 nitrogen and oxygen atoms in total. The van der Waals surface area contributed by atoms with Crippen LogP contribution in [0.2, 0.25) is 0 Å². The molecule has 1 aliphatic carbocycles. The minimum atomic E-state index is -0.308. The van der Waals surface area contributed by atoms with Gasteiger partial charge in [0, 0.05) is 12.8 Å². The number of carbonyl (C=O) groups excluding carboxylic acids is 1. The van der Waals surface area contributed by atoms with Gasteiger partial charge in [0.05, 0.1) is 17.0 Å². The zero-order valence-electron chi connectivity index (χ0n) is 17.2. The highest BCUT2D eigenvalue weighted by Crippen LogP contribution is 2.37. The Labute approximate surface area is 170 Å². The van der Waals surface area contributed by atoms with E-state index in [1.165, 1.54) is 16.3 Å². The molecule has 4 rings (SSSR count). The summed E-state index contributed by atoms with van der Waals surface area (Å²) in [6.07, 6.45) is 3.23. The zero-order chi connectivity index (χ0) is 20.4. The predicted octanol–water partition coefficient (Wildman–Crippen LogP) is 5.44. The number of benzene rings is 2. The average molecular weight is 390 g/mol. The number of oxime groups is 1. The largest absolute Gasteiger partial charge is 0.360 e. The van der Waals surface area contributed by atoms with Gasteiger partial charge in [0.1, 0.15) is 0 Å². The highest BCUT2D eigenvalue weighted by molar-refractivity contribution is 6.03. The Hall–Kier alpha value is -2.95. The third kappa shape index (κ3) is 4.09. The summed E-state index contributed by atoms with van der Waals surface area (Å²) in [4.78, 5) is 17.0. The molecule has 150 valence electrons. The lowest BCUT2D eigenvalue weighted by atomic mass is 9.75. The van der Waals surface area contributed by atoms with Crippen LogP contribution in [0.1, 0.15) is 62.6 Å². The molecule has 0 unspecified atom stereocenters. The molecular weight excluding hydrogens is 364 g/mol. The monoisotopic (exact) mass is 390 g/mol. The van der Waals surface area contributed by atoms with Crippen LogP contribution in [0.3, 0.4) is 0 Å². The van der Waals surface area contributed by atoms with Gasteiger partial charge in [0.25, 0.3) is 0 Å². The first-order chi connectivity index (χ1) is 14.0. The zero-order valence-corrected chi connectivity index (χ0v) is 17.2. The van der Waals surface area contributed by atoms with E-state index in [9.17, 15) is 4.79 Å². The van der Waals surface area contributed by atoms with Gasteiger partial charge in [0.2, 0.25) is 0 Å². The van der Waals surface area contributed by atoms with Crippen molar-refractivity contribution in [2.45, 2.75) is 52.9 Å². The number of rotatable bonds is 5. The molecule has 0 bridgehead atoms. The third-order valence-corrected chi connectivity index (χ3v) is 5.36. The quantitative estimate of drug-likeness (QED) is 0.430. The first-order valence-electron chi connectivity index (χ1n) is 10.2. The minimum Gasteiger partial charge on any atom is -0.360 e. The lowest BCUT2D eigenvalue weighted by Gasteiger charge is -2.28. The third-order valence-electron chi connectivity index (χ3n) is 5.36. The van der Waals surface area contributed by atoms with Gasteiger partial charge in [0.15, 0.2) is 5.76 Å². The second-order valence-corrected chi connectivity index (χ2v) is 8.51. The number of fused-ring (bicyclic) bond motifs is 2. The van der Waals surface area contributed by atoms with E-state index in [-0.39, 0.29) is 11.4 Å². The average Bonchev–Trinajstić information content (AvgIpc) is 3.08. The predicted molar refractivity (Wildman–Crippen MR) is 113 cm³/mol. The van der Waals surface area contributed by atoms with Crippen LogP contribution in [0, 0.1) is 5.41 Å². The molecule has 1 aromatic heterocycles. The summed E-state index contributed by atoms with van der Waals surface area (Å²) in [5, 5.41) is 11.0. The van der Waals surface area contributed by atoms with Crippen molar-refractivity contribution >= 4 is 22.5 Å². The van der Waals surface area contributed by atoms with Crippen LogP contribution in [-0.2, 0) is 22.5 Å². The molecule has 3 aromatic rings. The van der Waals surface area contributed by atoms with Gasteiger partial charge in [-0.1, -0.05) is 73.5 Å². The molecule has 0 fully saturated rings. The number of hydrogen-bond donors (Lipinski definition) is 0. The SMILES string of the molecule is CCCC(=O)ON=C1CC(C)(C)Cc2noc(Cc3cccc4ccccc34)c21. The van der Waals surface area contributed by atoms with Crippen molar-refractivity contribution in [1.29, 1.82) is 0 Å². The van der Waals surface area contributed by atoms with Crippen molar-refractivity contribution in [3.05, 3.63) is 65.0 Å². The summed E-state index contributed by atoms with van der Waals surface area (Å²) in [6.45, 7) is 6.27. The summed E-state index contributed by atoms with van der Waals surface area (Å²) in [6, 6.07) is 14.6. The van der Waals surface area contributed by atoms with E-state index in [4.69, 9.17) is 9.36 Å². The van der Waals surface area contributed by atoms with Crippen LogP contribution in [0.5, 0.6) is 0 Å². The molecule has 0 saturated heterocycles. The summed E-state index contributed by atoms with van der Waals surface area (Å²) >= 11 is 0. The molecule has 0 atom stereocenters. The van der Waals surface area contributed by atoms with E-state index in [2.05, 4.69) is 54.5 Å². The standard InChI is InChI=1S/C24H26N2O3/c1-4-8-22(27)29-26-20-15-24(2,3)14-19-23(20)21(28-25-19)13-17-11-7-10-16-9-5-6-12-18(16)17/h5-7,9-12H,4,8,13-15H2,1-3H3. The maximum Gasteiger partial charge on any atom is 0.335 e. The first-order valence-corrected chi connectivity index (χ1v) is 10.2. The molecule has 0 saturated carbocycles. The van der Waals surface area contributed by atoms with Crippen LogP contribution in [-0.4, -0.2) is 16.8 Å². The molecule has 0 radical (unpaired) electrons. The summed E-state index contributed by atoms with van der Waals surface area (Å²) in [5.74, 6) is 0.467. The molecule has 0 N–H and O–H groups in total. The van der Waals surface area contributed by atoms with Gasteiger partial charge < -0.3 is 9.36 Å². The summed E-state index contributed by atoms with van der Waals surface area (Å²) in [7, 11) is 0. The molecule has 2 aromatic carbocycles. The Morgan fingerprint density at radius 2 is 1.97 bits per heavy atom. The second-order valence-electron chi connectivity index (χ2n) is 8.51. The van der Waals surface area contributed by atoms with Gasteiger partial charge >= 0.3 is 5.97 Å². The van der Waals surface area contributed by atoms with Crippen molar-refractivity contribution < 1.29 is 14.2 Å². The van der Waals surface area contributed by atoms with E-state index in [0.717, 1.165) is 35.6 Å². The van der Waals surface area contributed by atoms with Crippen LogP contribution >= 0.6 is 0 Å². The Morgan fingerprint density at radius 1 is 1.17 bits per heavy atom. The topological polar surface area (TPSA) is 64.7 Å². The molecule has 1 heterocycles. The minimum absolute atomic E-state index is 0.0173. The smallest absolute Gasteiger partial charge is 0.335 e. The number of carbonyl (C=O) groups is 1. The molecule has 5 heteroatoms. The summed E-state index contributed by atoms with van der Waals surface area (Å²) in [5.41, 5.74) is 3.70. The van der Waals surface area contributed by atoms with Crippen molar-refractivity contribution in [3.63, 3.8) is 0 Å². The van der Waals surface area contributed by atoms with Crippen LogP contribution < -0.4 is 0 Å². The van der Waals surface area contributed by atoms with Gasteiger partial charge in [-0.05, 0) is 41.0 Å². The number of nitrogens with zero attached hydrogens (tertiary/aromatic N) is 2. The van der Waals surface area contributed by atoms with E-state index < -0.39 is 0 Å². The second kappa shape index (κ2) is 7.82. The maximum absolute atomic E-state index is 11.9. The van der Waals surface area contributed by atoms with E-state index >= 15 is 0 Å². The fourth-order valence-electron chi connectivity index (χ4n) is 4.04. The Bertz CT molecular complexity index is 1070. The van der Waals surface area contributed by atoms with Crippen molar-refractivity contribution in [3.8, 4) is 0 Å². The lowest BCUT2D eigenvalue weighted by Crippen LogP contribution is -2.28. The molecule has 0 amide bonds. The molecule has 29 heavy (non-hydrogen) atoms. The van der Waals surface area contributed by atoms with Crippen molar-refractivity contribution in [2.75, 3.05) is 0 Å². The normalized spacial score (nSPS) is 16.7. The first kappa shape index (κ1) is 19.4. The van der Waals surface area contributed by atoms with Gasteiger partial charge in [-0.25, -0.2) is 4.79 Å². The molecule has 0 spiro atoms. The lowest BCUT2D eigenvalue weighted by molar-refractivity contribution is -0.143. The van der Waals surface area contributed by atoms with Crippen molar-refractivity contribution in [2.24, 2.45) is 10.6 Å². The van der Waals surface area contributed by atoms with Crippen LogP contribution in [0.15, 0.2) is 52.1 Å². The molecular formula is C24H26N2O3. The number of hydrogen-bond acceptors (Lipinski definition) is 5. The highest BCUT2D eigenvalue weighted by atomic mass is 16.7. The van der Waals surface area contributed by atoms with E-state index in [0.29, 0.717) is 19.3 Å². The van der Waals surface area contributed by atoms with Gasteiger partial charge in [-0.2, -0.15) is 0 Å².